The number of hydrogen-bond acceptors (Lipinski definition) is 3. The minimum Gasteiger partial charge on any atom is -0.384 e. The van der Waals surface area contributed by atoms with E-state index in [0.717, 1.165) is 23.3 Å². The maximum Gasteiger partial charge on any atom is 0.0931 e. The quantitative estimate of drug-likeness (QED) is 0.606. The molecular weight excluding hydrogens is 308 g/mol. The van der Waals surface area contributed by atoms with Gasteiger partial charge in [0.2, 0.25) is 0 Å². The van der Waals surface area contributed by atoms with E-state index >= 15 is 0 Å². The van der Waals surface area contributed by atoms with Crippen LogP contribution in [0.4, 0.5) is 5.69 Å². The lowest BCUT2D eigenvalue weighted by atomic mass is 10.2. The monoisotopic (exact) mass is 342 g/mol. The molecule has 0 unspecified atom stereocenters. The number of H-pyrrole nitrogens is 1. The van der Waals surface area contributed by atoms with E-state index in [1.807, 2.05) is 45.9 Å². The molecule has 3 rings (SSSR count). The number of anilines is 1. The summed E-state index contributed by atoms with van der Waals surface area (Å²) in [6.45, 7) is 13.7. The molecule has 0 amide bonds. The Bertz CT molecular complexity index is 689. The SMILES string of the molecule is CC.CC.Cc1ccc2nc[nH]c2c1.Cc1cccc(NCCN)c1. The second-order valence-corrected chi connectivity index (χ2v) is 5.01. The third-order valence-corrected chi connectivity index (χ3v) is 3.07. The van der Waals surface area contributed by atoms with Crippen LogP contribution in [0.3, 0.4) is 0 Å². The lowest BCUT2D eigenvalue weighted by Gasteiger charge is -2.04. The molecule has 138 valence electrons. The van der Waals surface area contributed by atoms with E-state index in [4.69, 9.17) is 5.73 Å². The molecule has 4 N–H and O–H groups in total. The fourth-order valence-electron chi connectivity index (χ4n) is 2.02. The van der Waals surface area contributed by atoms with E-state index in [1.165, 1.54) is 11.1 Å². The number of aromatic nitrogens is 2. The Morgan fingerprint density at radius 1 is 0.960 bits per heavy atom. The molecule has 0 saturated carbocycles. The van der Waals surface area contributed by atoms with Gasteiger partial charge in [-0.25, -0.2) is 4.98 Å². The van der Waals surface area contributed by atoms with Crippen LogP contribution in [-0.4, -0.2) is 23.1 Å². The Morgan fingerprint density at radius 3 is 2.28 bits per heavy atom. The number of imidazole rings is 1. The Labute approximate surface area is 152 Å². The summed E-state index contributed by atoms with van der Waals surface area (Å²) in [6.07, 6.45) is 1.71. The molecule has 2 aromatic carbocycles. The van der Waals surface area contributed by atoms with E-state index in [2.05, 4.69) is 53.4 Å². The van der Waals surface area contributed by atoms with Crippen LogP contribution in [0.1, 0.15) is 38.8 Å². The van der Waals surface area contributed by atoms with Gasteiger partial charge in [-0.05, 0) is 49.2 Å². The number of benzene rings is 2. The molecule has 4 heteroatoms. The van der Waals surface area contributed by atoms with Gasteiger partial charge in [0.05, 0.1) is 17.4 Å². The summed E-state index contributed by atoms with van der Waals surface area (Å²) < 4.78 is 0. The molecule has 0 aliphatic carbocycles. The molecule has 0 fully saturated rings. The first-order chi connectivity index (χ1) is 12.2. The number of hydrogen-bond donors (Lipinski definition) is 3. The first-order valence-electron chi connectivity index (χ1n) is 9.09. The second kappa shape index (κ2) is 14.1. The van der Waals surface area contributed by atoms with Gasteiger partial charge in [0.1, 0.15) is 0 Å². The van der Waals surface area contributed by atoms with Crippen LogP contribution < -0.4 is 11.1 Å². The number of nitrogens with zero attached hydrogens (tertiary/aromatic N) is 1. The van der Waals surface area contributed by atoms with E-state index in [9.17, 15) is 0 Å². The van der Waals surface area contributed by atoms with Crippen molar-refractivity contribution in [2.24, 2.45) is 5.73 Å². The first kappa shape index (κ1) is 22.7. The fraction of sp³-hybridized carbons (Fsp3) is 0.381. The molecule has 1 aromatic heterocycles. The number of nitrogens with one attached hydrogen (secondary N) is 2. The van der Waals surface area contributed by atoms with Crippen LogP contribution in [-0.2, 0) is 0 Å². The Balaban J connectivity index is 0.000000385. The molecule has 0 aliphatic heterocycles. The maximum absolute atomic E-state index is 5.35. The topological polar surface area (TPSA) is 66.7 Å². The van der Waals surface area contributed by atoms with Crippen molar-refractivity contribution in [3.05, 3.63) is 59.9 Å². The van der Waals surface area contributed by atoms with E-state index in [1.54, 1.807) is 6.33 Å². The molecule has 0 saturated heterocycles. The summed E-state index contributed by atoms with van der Waals surface area (Å²) in [5.74, 6) is 0. The molecule has 25 heavy (non-hydrogen) atoms. The first-order valence-corrected chi connectivity index (χ1v) is 9.09. The minimum absolute atomic E-state index is 0.675. The van der Waals surface area contributed by atoms with Gasteiger partial charge in [-0.3, -0.25) is 0 Å². The predicted octanol–water partition coefficient (Wildman–Crippen LogP) is 5.29. The highest BCUT2D eigenvalue weighted by atomic mass is 14.9. The second-order valence-electron chi connectivity index (χ2n) is 5.01. The normalized spacial score (nSPS) is 8.92. The van der Waals surface area contributed by atoms with Crippen LogP contribution >= 0.6 is 0 Å². The molecule has 0 aliphatic rings. The highest BCUT2D eigenvalue weighted by molar-refractivity contribution is 5.74. The Morgan fingerprint density at radius 2 is 1.64 bits per heavy atom. The molecule has 0 atom stereocenters. The van der Waals surface area contributed by atoms with E-state index in [0.29, 0.717) is 6.54 Å². The highest BCUT2D eigenvalue weighted by Crippen LogP contribution is 2.10. The predicted molar refractivity (Wildman–Crippen MR) is 112 cm³/mol. The average molecular weight is 343 g/mol. The Hall–Kier alpha value is -2.33. The summed E-state index contributed by atoms with van der Waals surface area (Å²) in [7, 11) is 0. The molecule has 1 heterocycles. The summed E-state index contributed by atoms with van der Waals surface area (Å²) in [5, 5.41) is 3.21. The number of aromatic amines is 1. The molecule has 3 aromatic rings. The van der Waals surface area contributed by atoms with Gasteiger partial charge in [-0.2, -0.15) is 0 Å². The van der Waals surface area contributed by atoms with Gasteiger partial charge >= 0.3 is 0 Å². The van der Waals surface area contributed by atoms with Crippen molar-refractivity contribution in [2.45, 2.75) is 41.5 Å². The third-order valence-electron chi connectivity index (χ3n) is 3.07. The average Bonchev–Trinajstić information content (AvgIpc) is 3.11. The van der Waals surface area contributed by atoms with E-state index < -0.39 is 0 Å². The third kappa shape index (κ3) is 8.91. The molecular formula is C21H34N4. The lowest BCUT2D eigenvalue weighted by molar-refractivity contribution is 1.02. The summed E-state index contributed by atoms with van der Waals surface area (Å²) in [4.78, 5) is 7.15. The Kier molecular flexibility index (Phi) is 12.7. The summed E-state index contributed by atoms with van der Waals surface area (Å²) in [5.41, 5.74) is 11.2. The van der Waals surface area contributed by atoms with Crippen LogP contribution in [0.25, 0.3) is 11.0 Å². The molecule has 0 radical (unpaired) electrons. The van der Waals surface area contributed by atoms with E-state index in [-0.39, 0.29) is 0 Å². The van der Waals surface area contributed by atoms with Crippen molar-refractivity contribution in [1.29, 1.82) is 0 Å². The van der Waals surface area contributed by atoms with Crippen LogP contribution in [0.15, 0.2) is 48.8 Å². The van der Waals surface area contributed by atoms with Crippen LogP contribution in [0, 0.1) is 13.8 Å². The maximum atomic E-state index is 5.35. The molecule has 0 spiro atoms. The summed E-state index contributed by atoms with van der Waals surface area (Å²) in [6, 6.07) is 14.4. The zero-order valence-corrected chi connectivity index (χ0v) is 16.6. The van der Waals surface area contributed by atoms with Crippen molar-refractivity contribution in [3.63, 3.8) is 0 Å². The van der Waals surface area contributed by atoms with Gasteiger partial charge < -0.3 is 16.0 Å². The molecule has 4 nitrogen and oxygen atoms in total. The van der Waals surface area contributed by atoms with Gasteiger partial charge in [0, 0.05) is 18.8 Å². The lowest BCUT2D eigenvalue weighted by Crippen LogP contribution is -2.12. The number of nitrogens with two attached hydrogens (primary N) is 1. The van der Waals surface area contributed by atoms with Crippen molar-refractivity contribution >= 4 is 16.7 Å². The zero-order valence-electron chi connectivity index (χ0n) is 16.6. The largest absolute Gasteiger partial charge is 0.384 e. The van der Waals surface area contributed by atoms with Gasteiger partial charge in [-0.15, -0.1) is 0 Å². The number of rotatable bonds is 3. The standard InChI is InChI=1S/C9H14N2.C8H8N2.2C2H6/c1-8-3-2-4-9(7-8)11-6-5-10;1-6-2-3-7-8(4-6)10-5-9-7;2*1-2/h2-4,7,11H,5-6,10H2,1H3;2-5H,1H3,(H,9,10);2*1-2H3. The smallest absolute Gasteiger partial charge is 0.0931 e. The molecule has 0 bridgehead atoms. The minimum atomic E-state index is 0.675. The zero-order chi connectivity index (χ0) is 19.1. The van der Waals surface area contributed by atoms with Gasteiger partial charge in [-0.1, -0.05) is 45.9 Å². The van der Waals surface area contributed by atoms with Crippen molar-refractivity contribution in [3.8, 4) is 0 Å². The van der Waals surface area contributed by atoms with Crippen molar-refractivity contribution in [2.75, 3.05) is 18.4 Å². The summed E-state index contributed by atoms with van der Waals surface area (Å²) >= 11 is 0. The van der Waals surface area contributed by atoms with Crippen LogP contribution in [0.2, 0.25) is 0 Å². The van der Waals surface area contributed by atoms with Crippen LogP contribution in [0.5, 0.6) is 0 Å². The highest BCUT2D eigenvalue weighted by Gasteiger charge is 1.92. The number of aryl methyl sites for hydroxylation is 2. The fourth-order valence-corrected chi connectivity index (χ4v) is 2.02. The van der Waals surface area contributed by atoms with Crippen molar-refractivity contribution < 1.29 is 0 Å². The van der Waals surface area contributed by atoms with Gasteiger partial charge in [0.25, 0.3) is 0 Å². The van der Waals surface area contributed by atoms with Crippen molar-refractivity contribution in [1.82, 2.24) is 9.97 Å². The van der Waals surface area contributed by atoms with Gasteiger partial charge in [0.15, 0.2) is 0 Å². The number of fused-ring (bicyclic) bond motifs is 1.